The SMILES string of the molecule is Cn1nc(C(F)(F)F)cc1-c1ccc2c(cc(B(O)O)n2S(=O)(=O)c2ccccc2)n1. The molecule has 0 spiro atoms. The minimum absolute atomic E-state index is 0.0360. The molecule has 0 atom stereocenters. The molecule has 0 fully saturated rings. The van der Waals surface area contributed by atoms with Gasteiger partial charge in [0.05, 0.1) is 32.9 Å². The number of fused-ring (bicyclic) bond motifs is 1. The van der Waals surface area contributed by atoms with Gasteiger partial charge < -0.3 is 10.0 Å². The molecular weight excluding hydrogens is 436 g/mol. The highest BCUT2D eigenvalue weighted by Gasteiger charge is 2.35. The lowest BCUT2D eigenvalue weighted by atomic mass is 9.87. The first-order valence-electron chi connectivity index (χ1n) is 8.81. The van der Waals surface area contributed by atoms with E-state index in [0.29, 0.717) is 0 Å². The Hall–Kier alpha value is -3.16. The average Bonchev–Trinajstić information content (AvgIpc) is 3.29. The number of benzene rings is 1. The molecule has 1 aromatic carbocycles. The van der Waals surface area contributed by atoms with Gasteiger partial charge in [-0.1, -0.05) is 18.2 Å². The highest BCUT2D eigenvalue weighted by Crippen LogP contribution is 2.31. The van der Waals surface area contributed by atoms with E-state index in [4.69, 9.17) is 0 Å². The van der Waals surface area contributed by atoms with Gasteiger partial charge in [-0.25, -0.2) is 17.4 Å². The van der Waals surface area contributed by atoms with Crippen LogP contribution in [0.2, 0.25) is 0 Å². The van der Waals surface area contributed by atoms with Crippen LogP contribution in [0.4, 0.5) is 13.2 Å². The van der Waals surface area contributed by atoms with Gasteiger partial charge in [0, 0.05) is 7.05 Å². The van der Waals surface area contributed by atoms with Crippen LogP contribution in [0.5, 0.6) is 0 Å². The third-order valence-corrected chi connectivity index (χ3v) is 6.38. The highest BCUT2D eigenvalue weighted by molar-refractivity contribution is 7.90. The van der Waals surface area contributed by atoms with Crippen LogP contribution in [0, 0.1) is 0 Å². The molecule has 2 N–H and O–H groups in total. The van der Waals surface area contributed by atoms with E-state index in [1.807, 2.05) is 0 Å². The van der Waals surface area contributed by atoms with Gasteiger partial charge in [-0.15, -0.1) is 0 Å². The maximum atomic E-state index is 13.1. The topological polar surface area (TPSA) is 110 Å². The van der Waals surface area contributed by atoms with Gasteiger partial charge in [-0.3, -0.25) is 4.68 Å². The summed E-state index contributed by atoms with van der Waals surface area (Å²) in [4.78, 5) is 4.15. The third kappa shape index (κ3) is 3.60. The van der Waals surface area contributed by atoms with Crippen LogP contribution in [-0.2, 0) is 23.2 Å². The first-order chi connectivity index (χ1) is 14.5. The standard InChI is InChI=1S/C18H14BF3N4O4S/c1-25-15(10-16(24-25)18(20,21)22)12-7-8-14-13(23-12)9-17(19(27)28)26(14)31(29,30)11-5-3-2-4-6-11/h2-10,27-28H,1H3. The number of pyridine rings is 1. The van der Waals surface area contributed by atoms with Crippen molar-refractivity contribution in [3.63, 3.8) is 0 Å². The number of nitrogens with zero attached hydrogens (tertiary/aromatic N) is 4. The van der Waals surface area contributed by atoms with Gasteiger partial charge in [0.15, 0.2) is 5.69 Å². The molecule has 0 saturated heterocycles. The van der Waals surface area contributed by atoms with E-state index in [2.05, 4.69) is 10.1 Å². The van der Waals surface area contributed by atoms with E-state index in [1.165, 1.54) is 43.4 Å². The molecule has 0 aliphatic rings. The number of aromatic nitrogens is 4. The zero-order chi connectivity index (χ0) is 22.6. The lowest BCUT2D eigenvalue weighted by molar-refractivity contribution is -0.141. The molecular formula is C18H14BF3N4O4S. The number of aryl methyl sites for hydroxylation is 1. The summed E-state index contributed by atoms with van der Waals surface area (Å²) in [5, 5.41) is 22.9. The number of halogens is 3. The van der Waals surface area contributed by atoms with Crippen LogP contribution >= 0.6 is 0 Å². The van der Waals surface area contributed by atoms with Gasteiger partial charge in [0.25, 0.3) is 10.0 Å². The van der Waals surface area contributed by atoms with Crippen molar-refractivity contribution >= 4 is 33.8 Å². The molecule has 0 unspecified atom stereocenters. The Labute approximate surface area is 174 Å². The Morgan fingerprint density at radius 1 is 1.03 bits per heavy atom. The van der Waals surface area contributed by atoms with Crippen LogP contribution in [0.15, 0.2) is 59.5 Å². The summed E-state index contributed by atoms with van der Waals surface area (Å²) in [6.07, 6.45) is -4.64. The van der Waals surface area contributed by atoms with Gasteiger partial charge >= 0.3 is 13.3 Å². The van der Waals surface area contributed by atoms with E-state index in [9.17, 15) is 31.6 Å². The summed E-state index contributed by atoms with van der Waals surface area (Å²) >= 11 is 0. The Morgan fingerprint density at radius 3 is 2.29 bits per heavy atom. The van der Waals surface area contributed by atoms with Crippen LogP contribution in [0.1, 0.15) is 5.69 Å². The van der Waals surface area contributed by atoms with Gasteiger partial charge in [0.2, 0.25) is 0 Å². The van der Waals surface area contributed by atoms with E-state index < -0.39 is 29.0 Å². The fourth-order valence-corrected chi connectivity index (χ4v) is 4.77. The van der Waals surface area contributed by atoms with Crippen molar-refractivity contribution in [1.29, 1.82) is 0 Å². The molecule has 3 heterocycles. The van der Waals surface area contributed by atoms with Gasteiger partial charge in [-0.2, -0.15) is 18.3 Å². The molecule has 160 valence electrons. The minimum atomic E-state index is -4.64. The van der Waals surface area contributed by atoms with Crippen molar-refractivity contribution in [2.75, 3.05) is 0 Å². The predicted molar refractivity (Wildman–Crippen MR) is 106 cm³/mol. The maximum Gasteiger partial charge on any atom is 0.507 e. The zero-order valence-electron chi connectivity index (χ0n) is 15.8. The molecule has 4 rings (SSSR count). The van der Waals surface area contributed by atoms with Crippen molar-refractivity contribution in [3.8, 4) is 11.4 Å². The summed E-state index contributed by atoms with van der Waals surface area (Å²) in [6.45, 7) is 0. The quantitative estimate of drug-likeness (QED) is 0.455. The fourth-order valence-electron chi connectivity index (χ4n) is 3.22. The van der Waals surface area contributed by atoms with Gasteiger partial charge in [-0.05, 0) is 36.4 Å². The highest BCUT2D eigenvalue weighted by atomic mass is 32.2. The van der Waals surface area contributed by atoms with E-state index in [-0.39, 0.29) is 32.9 Å². The normalized spacial score (nSPS) is 12.5. The first-order valence-corrected chi connectivity index (χ1v) is 10.2. The van der Waals surface area contributed by atoms with Crippen LogP contribution in [0.3, 0.4) is 0 Å². The van der Waals surface area contributed by atoms with E-state index >= 15 is 0 Å². The minimum Gasteiger partial charge on any atom is -0.422 e. The maximum absolute atomic E-state index is 13.1. The Morgan fingerprint density at radius 2 is 1.71 bits per heavy atom. The van der Waals surface area contributed by atoms with E-state index in [1.54, 1.807) is 6.07 Å². The average molecular weight is 450 g/mol. The van der Waals surface area contributed by atoms with E-state index in [0.717, 1.165) is 20.8 Å². The van der Waals surface area contributed by atoms with Crippen LogP contribution in [-0.4, -0.2) is 44.3 Å². The predicted octanol–water partition coefficient (Wildman–Crippen LogP) is 1.37. The lowest BCUT2D eigenvalue weighted by Gasteiger charge is -2.11. The molecule has 0 radical (unpaired) electrons. The lowest BCUT2D eigenvalue weighted by Crippen LogP contribution is -2.38. The molecule has 0 saturated carbocycles. The Balaban J connectivity index is 1.92. The molecule has 0 bridgehead atoms. The van der Waals surface area contributed by atoms with Crippen molar-refractivity contribution in [3.05, 3.63) is 60.3 Å². The Kier molecular flexibility index (Phi) is 4.91. The van der Waals surface area contributed by atoms with Crippen molar-refractivity contribution < 1.29 is 31.6 Å². The molecule has 0 aliphatic carbocycles. The van der Waals surface area contributed by atoms with Crippen molar-refractivity contribution in [1.82, 2.24) is 18.7 Å². The second kappa shape index (κ2) is 7.22. The molecule has 31 heavy (non-hydrogen) atoms. The largest absolute Gasteiger partial charge is 0.507 e. The summed E-state index contributed by atoms with van der Waals surface area (Å²) in [6, 6.07) is 12.0. The van der Waals surface area contributed by atoms with Crippen LogP contribution in [0.25, 0.3) is 22.4 Å². The third-order valence-electron chi connectivity index (χ3n) is 4.62. The second-order valence-electron chi connectivity index (χ2n) is 6.66. The zero-order valence-corrected chi connectivity index (χ0v) is 16.6. The van der Waals surface area contributed by atoms with Crippen molar-refractivity contribution in [2.24, 2.45) is 7.05 Å². The summed E-state index contributed by atoms with van der Waals surface area (Å²) in [5.41, 5.74) is -1.21. The number of hydrogen-bond acceptors (Lipinski definition) is 6. The first kappa shape index (κ1) is 21.1. The number of rotatable bonds is 4. The number of alkyl halides is 3. The number of hydrogen-bond donors (Lipinski definition) is 2. The van der Waals surface area contributed by atoms with Crippen LogP contribution < -0.4 is 5.59 Å². The van der Waals surface area contributed by atoms with Crippen molar-refractivity contribution in [2.45, 2.75) is 11.1 Å². The molecule has 0 aliphatic heterocycles. The van der Waals surface area contributed by atoms with Gasteiger partial charge in [0.1, 0.15) is 0 Å². The summed E-state index contributed by atoms with van der Waals surface area (Å²) < 4.78 is 66.9. The molecule has 0 amide bonds. The Bertz CT molecular complexity index is 1380. The summed E-state index contributed by atoms with van der Waals surface area (Å²) in [7, 11) is -5.02. The molecule has 8 nitrogen and oxygen atoms in total. The molecule has 3 aromatic heterocycles. The molecule has 4 aromatic rings. The fraction of sp³-hybridized carbons (Fsp3) is 0.111. The monoisotopic (exact) mass is 450 g/mol. The second-order valence-corrected chi connectivity index (χ2v) is 8.45. The smallest absolute Gasteiger partial charge is 0.422 e. The summed E-state index contributed by atoms with van der Waals surface area (Å²) in [5.74, 6) is 0. The molecule has 13 heteroatoms.